The van der Waals surface area contributed by atoms with Gasteiger partial charge in [0.25, 0.3) is 0 Å². The lowest BCUT2D eigenvalue weighted by molar-refractivity contribution is 0.107. The van der Waals surface area contributed by atoms with Gasteiger partial charge in [-0.05, 0) is 29.3 Å². The van der Waals surface area contributed by atoms with E-state index in [1.807, 2.05) is 36.4 Å². The van der Waals surface area contributed by atoms with Crippen molar-refractivity contribution in [3.05, 3.63) is 77.0 Å². The largest absolute Gasteiger partial charge is 0.724 e. The highest BCUT2D eigenvalue weighted by atomic mass is 19.1. The fourth-order valence-corrected chi connectivity index (χ4v) is 1.49. The second-order valence-corrected chi connectivity index (χ2v) is 3.70. The Morgan fingerprint density at radius 3 is 2.21 bits per heavy atom. The Morgan fingerprint density at radius 2 is 1.58 bits per heavy atom. The van der Waals surface area contributed by atoms with Gasteiger partial charge in [0.05, 0.1) is 13.2 Å². The average molecular weight is 258 g/mol. The number of benzene rings is 2. The molecule has 19 heavy (non-hydrogen) atoms. The minimum absolute atomic E-state index is 0.221. The summed E-state index contributed by atoms with van der Waals surface area (Å²) in [5.41, 5.74) is 1.98. The van der Waals surface area contributed by atoms with E-state index >= 15 is 0 Å². The molecule has 0 N–H and O–H groups in total. The third-order valence-corrected chi connectivity index (χ3v) is 2.27. The molecule has 2 rings (SSSR count). The quantitative estimate of drug-likeness (QED) is 0.623. The second kappa shape index (κ2) is 8.75. The molecule has 2 aromatic rings. The zero-order valence-corrected chi connectivity index (χ0v) is 10.3. The molecule has 0 aliphatic carbocycles. The van der Waals surface area contributed by atoms with Gasteiger partial charge in [-0.25, -0.2) is 4.39 Å². The first-order valence-electron chi connectivity index (χ1n) is 5.63. The monoisotopic (exact) mass is 258 g/mol. The fraction of sp³-hybridized carbons (Fsp3) is 0.133. The summed E-state index contributed by atoms with van der Waals surface area (Å²) in [6.45, 7) is 0.990. The lowest BCUT2D eigenvalue weighted by atomic mass is 10.2. The maximum Gasteiger partial charge on any atom is 0.123 e. The van der Waals surface area contributed by atoms with E-state index in [-0.39, 0.29) is 5.82 Å². The summed E-state index contributed by atoms with van der Waals surface area (Å²) >= 11 is 0. The van der Waals surface area contributed by atoms with Crippen molar-refractivity contribution in [3.8, 4) is 0 Å². The highest BCUT2D eigenvalue weighted by Gasteiger charge is 1.96. The zero-order valence-electron chi connectivity index (χ0n) is 10.3. The fourth-order valence-electron chi connectivity index (χ4n) is 1.49. The molecule has 0 saturated heterocycles. The van der Waals surface area contributed by atoms with E-state index in [0.717, 1.165) is 11.1 Å². The van der Waals surface area contributed by atoms with E-state index in [2.05, 4.69) is 0 Å². The Labute approximate surface area is 111 Å². The Kier molecular flexibility index (Phi) is 6.80. The normalized spacial score (nSPS) is 9.11. The van der Waals surface area contributed by atoms with Gasteiger partial charge >= 0.3 is 0 Å². The summed E-state index contributed by atoms with van der Waals surface area (Å²) < 4.78 is 18.4. The minimum atomic E-state index is -0.221. The second-order valence-electron chi connectivity index (χ2n) is 3.70. The van der Waals surface area contributed by atoms with Crippen molar-refractivity contribution in [2.24, 2.45) is 0 Å². The maximum atomic E-state index is 12.9. The van der Waals surface area contributed by atoms with Crippen LogP contribution >= 0.6 is 0 Å². The van der Waals surface area contributed by atoms with Gasteiger partial charge < -0.3 is 10.1 Å². The van der Waals surface area contributed by atoms with Gasteiger partial charge in [0.1, 0.15) is 5.82 Å². The minimum Gasteiger partial charge on any atom is -0.724 e. The Hall–Kier alpha value is -2.29. The maximum absolute atomic E-state index is 12.9. The Morgan fingerprint density at radius 1 is 1.00 bits per heavy atom. The van der Waals surface area contributed by atoms with Crippen molar-refractivity contribution < 1.29 is 13.9 Å². The highest BCUT2D eigenvalue weighted by Crippen LogP contribution is 2.07. The van der Waals surface area contributed by atoms with Crippen LogP contribution in [0.15, 0.2) is 54.6 Å². The van der Waals surface area contributed by atoms with Crippen LogP contribution in [0.4, 0.5) is 4.39 Å². The van der Waals surface area contributed by atoms with Crippen LogP contribution in [0.25, 0.3) is 5.41 Å². The number of nitrogens with zero attached hydrogens (tertiary/aromatic N) is 1. The van der Waals surface area contributed by atoms with Crippen molar-refractivity contribution in [1.82, 2.24) is 0 Å². The number of halogens is 1. The number of carbonyl (C=O) groups excluding carboxylic acids is 1. The number of hydrogen-bond acceptors (Lipinski definition) is 2. The predicted octanol–water partition coefficient (Wildman–Crippen LogP) is 3.43. The third-order valence-electron chi connectivity index (χ3n) is 2.27. The molecule has 0 heterocycles. The van der Waals surface area contributed by atoms with E-state index < -0.39 is 0 Å². The van der Waals surface area contributed by atoms with Crippen molar-refractivity contribution in [2.45, 2.75) is 13.2 Å². The van der Waals surface area contributed by atoms with Gasteiger partial charge in [-0.15, -0.1) is 0 Å². The molecule has 0 aliphatic rings. The molecule has 0 saturated carbocycles. The lowest BCUT2D eigenvalue weighted by Crippen LogP contribution is -1.94. The summed E-state index contributed by atoms with van der Waals surface area (Å²) in [5, 5.41) is 6.76. The molecular weight excluding hydrogens is 245 g/mol. The molecule has 0 fully saturated rings. The summed E-state index contributed by atoms with van der Waals surface area (Å²) in [4.78, 5) is 8.24. The van der Waals surface area contributed by atoms with E-state index in [9.17, 15) is 4.39 Å². The van der Waals surface area contributed by atoms with Crippen molar-refractivity contribution in [1.29, 1.82) is 0 Å². The molecule has 0 unspecified atom stereocenters. The third kappa shape index (κ3) is 6.27. The summed E-state index contributed by atoms with van der Waals surface area (Å²) in [7, 11) is 0. The van der Waals surface area contributed by atoms with Gasteiger partial charge in [0.15, 0.2) is 0 Å². The molecule has 0 atom stereocenters. The first-order chi connectivity index (χ1) is 9.26. The molecule has 2 aromatic carbocycles. The van der Waals surface area contributed by atoms with Crippen LogP contribution in [-0.2, 0) is 22.7 Å². The summed E-state index contributed by atoms with van der Waals surface area (Å²) in [6.07, 6.45) is 0.500. The van der Waals surface area contributed by atoms with Crippen LogP contribution < -0.4 is 0 Å². The van der Waals surface area contributed by atoms with Crippen LogP contribution in [0.2, 0.25) is 0 Å². The van der Waals surface area contributed by atoms with Crippen LogP contribution in [0.1, 0.15) is 11.1 Å². The van der Waals surface area contributed by atoms with Crippen LogP contribution in [-0.4, -0.2) is 6.08 Å². The van der Waals surface area contributed by atoms with Crippen molar-refractivity contribution in [2.75, 3.05) is 0 Å². The molecule has 0 amide bonds. The average Bonchev–Trinajstić information content (AvgIpc) is 2.41. The van der Waals surface area contributed by atoms with Crippen LogP contribution in [0.3, 0.4) is 0 Å². The molecule has 0 spiro atoms. The SMILES string of the molecule is Fc1cccc(COCc2ccccc2)c1.[N-]=C=O. The Balaban J connectivity index is 0.000000550. The first kappa shape index (κ1) is 14.8. The van der Waals surface area contributed by atoms with Crippen molar-refractivity contribution in [3.63, 3.8) is 0 Å². The van der Waals surface area contributed by atoms with E-state index in [4.69, 9.17) is 14.9 Å². The summed E-state index contributed by atoms with van der Waals surface area (Å²) in [6, 6.07) is 16.4. The van der Waals surface area contributed by atoms with E-state index in [0.29, 0.717) is 19.3 Å². The van der Waals surface area contributed by atoms with Crippen LogP contribution in [0.5, 0.6) is 0 Å². The molecule has 0 bridgehead atoms. The van der Waals surface area contributed by atoms with Gasteiger partial charge in [-0.1, -0.05) is 42.5 Å². The lowest BCUT2D eigenvalue weighted by Gasteiger charge is -2.04. The molecule has 0 aromatic heterocycles. The molecule has 4 heteroatoms. The molecule has 0 aliphatic heterocycles. The molecule has 0 radical (unpaired) electrons. The smallest absolute Gasteiger partial charge is 0.123 e. The molecule has 98 valence electrons. The Bertz CT molecular complexity index is 523. The number of ether oxygens (including phenoxy) is 1. The van der Waals surface area contributed by atoms with Gasteiger partial charge in [-0.3, -0.25) is 4.79 Å². The topological polar surface area (TPSA) is 48.6 Å². The number of hydrogen-bond donors (Lipinski definition) is 0. The van der Waals surface area contributed by atoms with Crippen molar-refractivity contribution >= 4 is 6.08 Å². The van der Waals surface area contributed by atoms with E-state index in [1.54, 1.807) is 6.07 Å². The van der Waals surface area contributed by atoms with Gasteiger partial charge in [0, 0.05) is 0 Å². The van der Waals surface area contributed by atoms with Crippen LogP contribution in [0, 0.1) is 5.82 Å². The first-order valence-corrected chi connectivity index (χ1v) is 5.63. The summed E-state index contributed by atoms with van der Waals surface area (Å²) in [5.74, 6) is -0.221. The molecule has 3 nitrogen and oxygen atoms in total. The van der Waals surface area contributed by atoms with Gasteiger partial charge in [-0.2, -0.15) is 0 Å². The number of isocyanates is 1. The highest BCUT2D eigenvalue weighted by molar-refractivity contribution is 5.36. The standard InChI is InChI=1S/C14H13FO.CNO/c15-14-8-4-7-13(9-14)11-16-10-12-5-2-1-3-6-12;2-1-3/h1-9H,10-11H2;/q;-1. The predicted molar refractivity (Wildman–Crippen MR) is 70.4 cm³/mol. The van der Waals surface area contributed by atoms with E-state index in [1.165, 1.54) is 12.1 Å². The molecular formula is C15H13FNO2-. The zero-order chi connectivity index (χ0) is 13.9. The number of rotatable bonds is 4. The van der Waals surface area contributed by atoms with Gasteiger partial charge in [0.2, 0.25) is 0 Å².